The van der Waals surface area contributed by atoms with E-state index in [-0.39, 0.29) is 5.82 Å². The normalized spacial score (nSPS) is 17.1. The lowest BCUT2D eigenvalue weighted by molar-refractivity contribution is -0.389. The maximum absolute atomic E-state index is 10.4. The predicted octanol–water partition coefficient (Wildman–Crippen LogP) is 2.20. The van der Waals surface area contributed by atoms with Crippen LogP contribution in [0.15, 0.2) is 18.3 Å². The number of hydrogen-bond acceptors (Lipinski definition) is 4. The second-order valence-electron chi connectivity index (χ2n) is 3.93. The van der Waals surface area contributed by atoms with Crippen LogP contribution in [0.25, 0.3) is 0 Å². The summed E-state index contributed by atoms with van der Waals surface area (Å²) in [4.78, 5) is 13.6. The third-order valence-corrected chi connectivity index (χ3v) is 2.66. The number of nitrogens with one attached hydrogen (secondary N) is 1. The van der Waals surface area contributed by atoms with Gasteiger partial charge in [-0.15, -0.1) is 0 Å². The second-order valence-corrected chi connectivity index (χ2v) is 3.93. The molecule has 2 rings (SSSR count). The van der Waals surface area contributed by atoms with Crippen LogP contribution in [0, 0.1) is 16.0 Å². The van der Waals surface area contributed by atoms with Crippen LogP contribution in [-0.4, -0.2) is 15.9 Å². The van der Waals surface area contributed by atoms with Gasteiger partial charge in [-0.3, -0.25) is 0 Å². The van der Waals surface area contributed by atoms with Gasteiger partial charge >= 0.3 is 5.82 Å². The summed E-state index contributed by atoms with van der Waals surface area (Å²) >= 11 is 0. The monoisotopic (exact) mass is 207 g/mol. The first-order valence-corrected chi connectivity index (χ1v) is 5.04. The molecule has 15 heavy (non-hydrogen) atoms. The molecular formula is C10H13N3O2. The summed E-state index contributed by atoms with van der Waals surface area (Å²) in [5.41, 5.74) is 0.847. The Labute approximate surface area is 87.7 Å². The summed E-state index contributed by atoms with van der Waals surface area (Å²) in [5.74, 6) is 0.639. The molecule has 0 saturated heterocycles. The van der Waals surface area contributed by atoms with E-state index in [1.807, 2.05) is 0 Å². The Morgan fingerprint density at radius 1 is 1.60 bits per heavy atom. The van der Waals surface area contributed by atoms with Crippen molar-refractivity contribution in [1.29, 1.82) is 0 Å². The van der Waals surface area contributed by atoms with Crippen LogP contribution in [-0.2, 0) is 0 Å². The number of nitrogens with zero attached hydrogens (tertiary/aromatic N) is 2. The summed E-state index contributed by atoms with van der Waals surface area (Å²) in [7, 11) is 0. The highest BCUT2D eigenvalue weighted by Gasteiger charge is 2.27. The van der Waals surface area contributed by atoms with Crippen LogP contribution in [0.4, 0.5) is 11.5 Å². The average molecular weight is 207 g/mol. The Hall–Kier alpha value is -1.65. The number of hydrogen-bond donors (Lipinski definition) is 1. The quantitative estimate of drug-likeness (QED) is 0.607. The summed E-state index contributed by atoms with van der Waals surface area (Å²) in [6.07, 6.45) is 4.06. The Kier molecular flexibility index (Phi) is 2.53. The minimum absolute atomic E-state index is 0.111. The van der Waals surface area contributed by atoms with E-state index in [2.05, 4.69) is 17.2 Å². The van der Waals surface area contributed by atoms with E-state index >= 15 is 0 Å². The highest BCUT2D eigenvalue weighted by molar-refractivity contribution is 5.44. The highest BCUT2D eigenvalue weighted by atomic mass is 16.6. The van der Waals surface area contributed by atoms with Crippen molar-refractivity contribution in [3.8, 4) is 0 Å². The molecule has 1 saturated carbocycles. The van der Waals surface area contributed by atoms with Gasteiger partial charge < -0.3 is 15.4 Å². The first kappa shape index (κ1) is 9.89. The van der Waals surface area contributed by atoms with Gasteiger partial charge in [0.25, 0.3) is 0 Å². The molecule has 80 valence electrons. The summed E-state index contributed by atoms with van der Waals surface area (Å²) in [5, 5.41) is 13.7. The Morgan fingerprint density at radius 3 is 2.80 bits per heavy atom. The molecule has 1 N–H and O–H groups in total. The van der Waals surface area contributed by atoms with Gasteiger partial charge in [0, 0.05) is 12.1 Å². The lowest BCUT2D eigenvalue weighted by Gasteiger charge is -2.12. The van der Waals surface area contributed by atoms with Crippen molar-refractivity contribution in [2.75, 3.05) is 5.32 Å². The molecule has 1 heterocycles. The summed E-state index contributed by atoms with van der Waals surface area (Å²) < 4.78 is 0. The summed E-state index contributed by atoms with van der Waals surface area (Å²) in [6.45, 7) is 2.12. The van der Waals surface area contributed by atoms with Crippen LogP contribution in [0.1, 0.15) is 19.8 Å². The Bertz CT molecular complexity index is 359. The van der Waals surface area contributed by atoms with E-state index in [1.165, 1.54) is 25.1 Å². The van der Waals surface area contributed by atoms with E-state index < -0.39 is 4.92 Å². The van der Waals surface area contributed by atoms with E-state index in [0.717, 1.165) is 11.6 Å². The lowest BCUT2D eigenvalue weighted by atomic mass is 10.2. The molecule has 0 aromatic carbocycles. The SMILES string of the molecule is CC(Nc1ccc([N+](=O)[O-])nc1)C1CC1. The average Bonchev–Trinajstić information content (AvgIpc) is 3.01. The predicted molar refractivity (Wildman–Crippen MR) is 56.7 cm³/mol. The topological polar surface area (TPSA) is 68.1 Å². The van der Waals surface area contributed by atoms with Gasteiger partial charge in [0.2, 0.25) is 0 Å². The maximum atomic E-state index is 10.4. The van der Waals surface area contributed by atoms with Crippen LogP contribution < -0.4 is 5.32 Å². The highest BCUT2D eigenvalue weighted by Crippen LogP contribution is 2.33. The van der Waals surface area contributed by atoms with Crippen molar-refractivity contribution in [1.82, 2.24) is 4.98 Å². The molecular weight excluding hydrogens is 194 g/mol. The molecule has 0 spiro atoms. The van der Waals surface area contributed by atoms with Crippen LogP contribution in [0.2, 0.25) is 0 Å². The molecule has 0 radical (unpaired) electrons. The summed E-state index contributed by atoms with van der Waals surface area (Å²) in [6, 6.07) is 3.54. The first-order chi connectivity index (χ1) is 7.16. The van der Waals surface area contributed by atoms with Crippen molar-refractivity contribution in [3.05, 3.63) is 28.4 Å². The largest absolute Gasteiger partial charge is 0.379 e. The molecule has 0 bridgehead atoms. The van der Waals surface area contributed by atoms with Gasteiger partial charge in [-0.2, -0.15) is 0 Å². The number of aromatic nitrogens is 1. The fourth-order valence-corrected chi connectivity index (χ4v) is 1.56. The molecule has 0 aliphatic heterocycles. The number of rotatable bonds is 4. The molecule has 1 aliphatic carbocycles. The fourth-order valence-electron chi connectivity index (χ4n) is 1.56. The number of pyridine rings is 1. The zero-order chi connectivity index (χ0) is 10.8. The first-order valence-electron chi connectivity index (χ1n) is 5.04. The van der Waals surface area contributed by atoms with Gasteiger partial charge in [0.05, 0.1) is 5.69 Å². The zero-order valence-corrected chi connectivity index (χ0v) is 8.51. The smallest absolute Gasteiger partial charge is 0.363 e. The van der Waals surface area contributed by atoms with E-state index in [1.54, 1.807) is 6.07 Å². The van der Waals surface area contributed by atoms with Crippen molar-refractivity contribution >= 4 is 11.5 Å². The Morgan fingerprint density at radius 2 is 2.33 bits per heavy atom. The van der Waals surface area contributed by atoms with Crippen molar-refractivity contribution in [3.63, 3.8) is 0 Å². The molecule has 5 nitrogen and oxygen atoms in total. The molecule has 1 fully saturated rings. The Balaban J connectivity index is 1.99. The number of nitro groups is 1. The molecule has 0 amide bonds. The van der Waals surface area contributed by atoms with Gasteiger partial charge in [-0.05, 0) is 41.7 Å². The van der Waals surface area contributed by atoms with Gasteiger partial charge in [0.15, 0.2) is 6.20 Å². The lowest BCUT2D eigenvalue weighted by Crippen LogP contribution is -2.17. The van der Waals surface area contributed by atoms with Gasteiger partial charge in [-0.1, -0.05) is 0 Å². The van der Waals surface area contributed by atoms with Crippen molar-refractivity contribution in [2.45, 2.75) is 25.8 Å². The van der Waals surface area contributed by atoms with E-state index in [0.29, 0.717) is 6.04 Å². The third kappa shape index (κ3) is 2.43. The standard InChI is InChI=1S/C10H13N3O2/c1-7(8-2-3-8)12-9-4-5-10(11-6-9)13(14)15/h4-8,12H,2-3H2,1H3. The third-order valence-electron chi connectivity index (χ3n) is 2.66. The van der Waals surface area contributed by atoms with Crippen LogP contribution >= 0.6 is 0 Å². The molecule has 5 heteroatoms. The molecule has 1 aliphatic rings. The van der Waals surface area contributed by atoms with Crippen LogP contribution in [0.5, 0.6) is 0 Å². The van der Waals surface area contributed by atoms with E-state index in [9.17, 15) is 10.1 Å². The van der Waals surface area contributed by atoms with Crippen molar-refractivity contribution < 1.29 is 4.92 Å². The second kappa shape index (κ2) is 3.84. The minimum Gasteiger partial charge on any atom is -0.379 e. The molecule has 1 atom stereocenters. The molecule has 1 aromatic rings. The fraction of sp³-hybridized carbons (Fsp3) is 0.500. The van der Waals surface area contributed by atoms with Gasteiger partial charge in [0.1, 0.15) is 0 Å². The molecule has 1 aromatic heterocycles. The van der Waals surface area contributed by atoms with Crippen LogP contribution in [0.3, 0.4) is 0 Å². The molecule has 1 unspecified atom stereocenters. The van der Waals surface area contributed by atoms with Gasteiger partial charge in [-0.25, -0.2) is 0 Å². The number of anilines is 1. The minimum atomic E-state index is -0.492. The van der Waals surface area contributed by atoms with E-state index in [4.69, 9.17) is 0 Å². The van der Waals surface area contributed by atoms with Crippen molar-refractivity contribution in [2.24, 2.45) is 5.92 Å². The zero-order valence-electron chi connectivity index (χ0n) is 8.51. The maximum Gasteiger partial charge on any atom is 0.363 e.